The van der Waals surface area contributed by atoms with Gasteiger partial charge in [-0.15, -0.1) is 0 Å². The predicted octanol–water partition coefficient (Wildman–Crippen LogP) is 5.50. The predicted molar refractivity (Wildman–Crippen MR) is 133 cm³/mol. The summed E-state index contributed by atoms with van der Waals surface area (Å²) in [6, 6.07) is 14.4. The van der Waals surface area contributed by atoms with E-state index in [-0.39, 0.29) is 11.9 Å². The lowest BCUT2D eigenvalue weighted by Crippen LogP contribution is -2.22. The Morgan fingerprint density at radius 1 is 1.03 bits per heavy atom. The number of carbonyl (C=O) groups is 2. The van der Waals surface area contributed by atoms with Gasteiger partial charge in [0, 0.05) is 51.6 Å². The fraction of sp³-hybridized carbons (Fsp3) is 0.269. The largest absolute Gasteiger partial charge is 0.462 e. The Balaban J connectivity index is 1.85. The molecular formula is C26H30N2O3Si. The van der Waals surface area contributed by atoms with E-state index in [0.717, 1.165) is 33.5 Å². The zero-order chi connectivity index (χ0) is 23.3. The van der Waals surface area contributed by atoms with Gasteiger partial charge in [0.15, 0.2) is 0 Å². The molecule has 166 valence electrons. The number of nitrogens with zero attached hydrogens (tertiary/aromatic N) is 2. The van der Waals surface area contributed by atoms with Crippen LogP contribution in [0.1, 0.15) is 15.9 Å². The highest BCUT2D eigenvalue weighted by Gasteiger charge is 2.15. The zero-order valence-electron chi connectivity index (χ0n) is 19.4. The summed E-state index contributed by atoms with van der Waals surface area (Å²) >= 11 is 0. The van der Waals surface area contributed by atoms with Crippen molar-refractivity contribution in [3.8, 4) is 11.1 Å². The van der Waals surface area contributed by atoms with Crippen molar-refractivity contribution >= 4 is 36.8 Å². The summed E-state index contributed by atoms with van der Waals surface area (Å²) in [4.78, 5) is 30.2. The first-order valence-corrected chi connectivity index (χ1v) is 14.4. The van der Waals surface area contributed by atoms with E-state index in [4.69, 9.17) is 4.74 Å². The van der Waals surface area contributed by atoms with Crippen LogP contribution in [-0.4, -0.2) is 50.5 Å². The number of rotatable bonds is 7. The number of hydrogen-bond donors (Lipinski definition) is 0. The molecule has 32 heavy (non-hydrogen) atoms. The first kappa shape index (κ1) is 23.4. The van der Waals surface area contributed by atoms with Gasteiger partial charge in [-0.2, -0.15) is 0 Å². The van der Waals surface area contributed by atoms with Crippen molar-refractivity contribution in [3.63, 3.8) is 0 Å². The number of amides is 1. The van der Waals surface area contributed by atoms with Crippen LogP contribution in [-0.2, 0) is 9.53 Å². The van der Waals surface area contributed by atoms with Crippen LogP contribution in [0.25, 0.3) is 28.0 Å². The molecule has 0 bridgehead atoms. The van der Waals surface area contributed by atoms with E-state index in [2.05, 4.69) is 24.6 Å². The average molecular weight is 447 g/mol. The molecule has 0 atom stereocenters. The molecule has 1 amide bonds. The first-order valence-electron chi connectivity index (χ1n) is 10.7. The summed E-state index contributed by atoms with van der Waals surface area (Å²) in [5.74, 6) is -0.351. The smallest absolute Gasteiger partial charge is 0.338 e. The van der Waals surface area contributed by atoms with Crippen LogP contribution in [0.2, 0.25) is 25.7 Å². The minimum absolute atomic E-state index is 0.0587. The Labute approximate surface area is 190 Å². The Kier molecular flexibility index (Phi) is 7.25. The van der Waals surface area contributed by atoms with Crippen LogP contribution in [0.5, 0.6) is 0 Å². The number of esters is 1. The van der Waals surface area contributed by atoms with E-state index in [0.29, 0.717) is 12.2 Å². The number of aromatic nitrogens is 1. The lowest BCUT2D eigenvalue weighted by atomic mass is 9.98. The second kappa shape index (κ2) is 9.91. The molecule has 0 unspecified atom stereocenters. The fourth-order valence-electron chi connectivity index (χ4n) is 3.14. The molecule has 0 aliphatic rings. The van der Waals surface area contributed by atoms with Crippen LogP contribution >= 0.6 is 0 Å². The molecule has 0 aliphatic carbocycles. The summed E-state index contributed by atoms with van der Waals surface area (Å²) in [5.41, 5.74) is 3.41. The highest BCUT2D eigenvalue weighted by molar-refractivity contribution is 6.76. The van der Waals surface area contributed by atoms with Crippen LogP contribution in [0, 0.1) is 0 Å². The molecule has 0 aliphatic heterocycles. The zero-order valence-corrected chi connectivity index (χ0v) is 20.4. The quantitative estimate of drug-likeness (QED) is 0.273. The lowest BCUT2D eigenvalue weighted by Gasteiger charge is -2.15. The molecule has 0 saturated heterocycles. The monoisotopic (exact) mass is 446 g/mol. The van der Waals surface area contributed by atoms with Crippen molar-refractivity contribution in [2.75, 3.05) is 20.7 Å². The number of likely N-dealkylation sites (N-methyl/N-ethyl adjacent to an activating group) is 1. The molecular weight excluding hydrogens is 416 g/mol. The van der Waals surface area contributed by atoms with E-state index >= 15 is 0 Å². The number of carbonyl (C=O) groups excluding carboxylic acids is 2. The number of hydrogen-bond acceptors (Lipinski definition) is 4. The Morgan fingerprint density at radius 3 is 2.41 bits per heavy atom. The van der Waals surface area contributed by atoms with Gasteiger partial charge in [0.1, 0.15) is 0 Å². The van der Waals surface area contributed by atoms with Crippen LogP contribution < -0.4 is 0 Å². The minimum atomic E-state index is -1.26. The normalized spacial score (nSPS) is 11.7. The first-order chi connectivity index (χ1) is 15.1. The molecule has 0 fully saturated rings. The van der Waals surface area contributed by atoms with Crippen LogP contribution in [0.4, 0.5) is 0 Å². The third-order valence-corrected chi connectivity index (χ3v) is 6.87. The maximum Gasteiger partial charge on any atom is 0.338 e. The van der Waals surface area contributed by atoms with Crippen molar-refractivity contribution in [2.24, 2.45) is 0 Å². The number of benzene rings is 2. The standard InChI is InChI=1S/C26H30N2O3Si/c1-28(2)25(29)13-8-19-6-9-20(10-7-19)24-18-27-17-22-12-11-21(16-23(22)24)26(30)31-14-15-32(3,4)5/h6-13,16-18H,14-15H2,1-5H3/b13-8+. The van der Waals surface area contributed by atoms with Gasteiger partial charge in [-0.25, -0.2) is 4.79 Å². The van der Waals surface area contributed by atoms with Gasteiger partial charge >= 0.3 is 5.97 Å². The van der Waals surface area contributed by atoms with E-state index in [1.807, 2.05) is 42.6 Å². The van der Waals surface area contributed by atoms with Gasteiger partial charge in [0.05, 0.1) is 12.2 Å². The van der Waals surface area contributed by atoms with Crippen LogP contribution in [0.3, 0.4) is 0 Å². The molecule has 0 spiro atoms. The van der Waals surface area contributed by atoms with Crippen molar-refractivity contribution in [1.29, 1.82) is 0 Å². The lowest BCUT2D eigenvalue weighted by molar-refractivity contribution is -0.123. The third-order valence-electron chi connectivity index (χ3n) is 5.16. The SMILES string of the molecule is CN(C)C(=O)/C=C/c1ccc(-c2cncc3ccc(C(=O)OCC[Si](C)(C)C)cc23)cc1. The van der Waals surface area contributed by atoms with E-state index in [1.165, 1.54) is 4.90 Å². The Hall–Kier alpha value is -3.25. The number of pyridine rings is 1. The molecule has 3 rings (SSSR count). The summed E-state index contributed by atoms with van der Waals surface area (Å²) in [7, 11) is 2.19. The highest BCUT2D eigenvalue weighted by Crippen LogP contribution is 2.29. The van der Waals surface area contributed by atoms with E-state index < -0.39 is 8.07 Å². The number of fused-ring (bicyclic) bond motifs is 1. The molecule has 3 aromatic rings. The van der Waals surface area contributed by atoms with Gasteiger partial charge in [0.25, 0.3) is 0 Å². The maximum atomic E-state index is 12.6. The molecule has 0 N–H and O–H groups in total. The third kappa shape index (κ3) is 6.14. The van der Waals surface area contributed by atoms with Crippen molar-refractivity contribution in [3.05, 3.63) is 72.1 Å². The average Bonchev–Trinajstić information content (AvgIpc) is 2.76. The van der Waals surface area contributed by atoms with Crippen LogP contribution in [0.15, 0.2) is 60.9 Å². The van der Waals surface area contributed by atoms with Gasteiger partial charge in [-0.1, -0.05) is 50.0 Å². The molecule has 1 heterocycles. The maximum absolute atomic E-state index is 12.6. The molecule has 1 aromatic heterocycles. The minimum Gasteiger partial charge on any atom is -0.462 e. The molecule has 5 nitrogen and oxygen atoms in total. The highest BCUT2D eigenvalue weighted by atomic mass is 28.3. The van der Waals surface area contributed by atoms with Crippen molar-refractivity contribution in [1.82, 2.24) is 9.88 Å². The Morgan fingerprint density at radius 2 is 1.75 bits per heavy atom. The van der Waals surface area contributed by atoms with E-state index in [9.17, 15) is 9.59 Å². The van der Waals surface area contributed by atoms with Gasteiger partial charge in [-0.3, -0.25) is 9.78 Å². The van der Waals surface area contributed by atoms with Gasteiger partial charge < -0.3 is 9.64 Å². The van der Waals surface area contributed by atoms with Gasteiger partial charge in [0.2, 0.25) is 5.91 Å². The second-order valence-corrected chi connectivity index (χ2v) is 14.9. The van der Waals surface area contributed by atoms with Crippen molar-refractivity contribution in [2.45, 2.75) is 25.7 Å². The molecule has 0 radical (unpaired) electrons. The van der Waals surface area contributed by atoms with E-state index in [1.54, 1.807) is 38.5 Å². The summed E-state index contributed by atoms with van der Waals surface area (Å²) in [6.07, 6.45) is 6.95. The van der Waals surface area contributed by atoms with Crippen molar-refractivity contribution < 1.29 is 14.3 Å². The summed E-state index contributed by atoms with van der Waals surface area (Å²) < 4.78 is 5.52. The molecule has 2 aromatic carbocycles. The molecule has 0 saturated carbocycles. The second-order valence-electron chi connectivity index (χ2n) is 9.26. The summed E-state index contributed by atoms with van der Waals surface area (Å²) in [6.45, 7) is 7.24. The Bertz CT molecular complexity index is 1150. The topological polar surface area (TPSA) is 59.5 Å². The molecule has 6 heteroatoms. The number of ether oxygens (including phenoxy) is 1. The van der Waals surface area contributed by atoms with Gasteiger partial charge in [-0.05, 0) is 40.8 Å². The fourth-order valence-corrected chi connectivity index (χ4v) is 3.86. The summed E-state index contributed by atoms with van der Waals surface area (Å²) in [5, 5.41) is 1.91.